The highest BCUT2D eigenvalue weighted by molar-refractivity contribution is 5.95. The fourth-order valence-electron chi connectivity index (χ4n) is 3.87. The second-order valence-electron chi connectivity index (χ2n) is 7.78. The van der Waals surface area contributed by atoms with Crippen molar-refractivity contribution in [1.29, 1.82) is 0 Å². The van der Waals surface area contributed by atoms with E-state index in [0.29, 0.717) is 37.4 Å². The molecule has 1 fully saturated rings. The molecule has 0 spiro atoms. The summed E-state index contributed by atoms with van der Waals surface area (Å²) in [4.78, 5) is 27.3. The fraction of sp³-hybridized carbons (Fsp3) is 0.500. The number of carbonyl (C=O) groups is 1. The Bertz CT molecular complexity index is 859. The molecule has 2 heterocycles. The van der Waals surface area contributed by atoms with Crippen molar-refractivity contribution in [3.8, 4) is 0 Å². The normalized spacial score (nSPS) is 16.8. The maximum absolute atomic E-state index is 13.0. The van der Waals surface area contributed by atoms with Crippen LogP contribution in [0.4, 0.5) is 0 Å². The first-order chi connectivity index (χ1) is 14.1. The van der Waals surface area contributed by atoms with Crippen molar-refractivity contribution in [2.45, 2.75) is 58.5 Å². The van der Waals surface area contributed by atoms with Crippen molar-refractivity contribution in [2.75, 3.05) is 19.7 Å². The quantitative estimate of drug-likeness (QED) is 0.671. The molecule has 0 N–H and O–H groups in total. The maximum Gasteiger partial charge on any atom is 0.349 e. The molecule has 1 aliphatic heterocycles. The molecule has 1 aromatic heterocycles. The van der Waals surface area contributed by atoms with E-state index >= 15 is 0 Å². The number of hydrogen-bond donors (Lipinski definition) is 0. The van der Waals surface area contributed by atoms with Crippen LogP contribution in [-0.2, 0) is 17.6 Å². The van der Waals surface area contributed by atoms with E-state index in [1.54, 1.807) is 4.90 Å². The molecule has 1 aromatic carbocycles. The van der Waals surface area contributed by atoms with Crippen LogP contribution in [0.15, 0.2) is 45.6 Å². The van der Waals surface area contributed by atoms with Crippen LogP contribution in [0.25, 0.3) is 0 Å². The zero-order valence-corrected chi connectivity index (χ0v) is 17.5. The summed E-state index contributed by atoms with van der Waals surface area (Å²) >= 11 is 0. The molecule has 0 bridgehead atoms. The maximum atomic E-state index is 13.0. The predicted molar refractivity (Wildman–Crippen MR) is 113 cm³/mol. The van der Waals surface area contributed by atoms with Gasteiger partial charge in [0, 0.05) is 26.1 Å². The summed E-state index contributed by atoms with van der Waals surface area (Å²) in [6.45, 7) is 5.78. The lowest BCUT2D eigenvalue weighted by molar-refractivity contribution is 0.00193. The van der Waals surface area contributed by atoms with E-state index in [4.69, 9.17) is 9.15 Å². The molecule has 0 saturated carbocycles. The minimum atomic E-state index is -0.527. The SMILES string of the molecule is CCCOC1CCCN(C(=O)c2c(C)cc(CCCc3ccccc3)oc2=O)C1. The Morgan fingerprint density at radius 1 is 1.24 bits per heavy atom. The summed E-state index contributed by atoms with van der Waals surface area (Å²) in [7, 11) is 0. The summed E-state index contributed by atoms with van der Waals surface area (Å²) in [5.74, 6) is 0.402. The minimum absolute atomic E-state index is 0.0530. The van der Waals surface area contributed by atoms with Gasteiger partial charge in [0.15, 0.2) is 0 Å². The molecular formula is C24H31NO4. The van der Waals surface area contributed by atoms with E-state index < -0.39 is 5.63 Å². The van der Waals surface area contributed by atoms with Gasteiger partial charge in [0.05, 0.1) is 6.10 Å². The van der Waals surface area contributed by atoms with Crippen LogP contribution in [0.2, 0.25) is 0 Å². The summed E-state index contributed by atoms with van der Waals surface area (Å²) in [6, 6.07) is 12.1. The van der Waals surface area contributed by atoms with Crippen molar-refractivity contribution in [1.82, 2.24) is 4.90 Å². The molecule has 1 atom stereocenters. The van der Waals surface area contributed by atoms with Crippen molar-refractivity contribution in [3.05, 3.63) is 69.3 Å². The molecule has 29 heavy (non-hydrogen) atoms. The van der Waals surface area contributed by atoms with Gasteiger partial charge in [-0.25, -0.2) is 4.79 Å². The molecule has 1 saturated heterocycles. The van der Waals surface area contributed by atoms with E-state index in [2.05, 4.69) is 19.1 Å². The van der Waals surface area contributed by atoms with Gasteiger partial charge >= 0.3 is 5.63 Å². The number of piperidine rings is 1. The Labute approximate surface area is 172 Å². The first kappa shape index (κ1) is 21.3. The number of ether oxygens (including phenoxy) is 1. The van der Waals surface area contributed by atoms with Crippen molar-refractivity contribution < 1.29 is 13.9 Å². The summed E-state index contributed by atoms with van der Waals surface area (Å²) in [5.41, 5.74) is 1.59. The lowest BCUT2D eigenvalue weighted by Gasteiger charge is -2.32. The van der Waals surface area contributed by atoms with E-state index in [9.17, 15) is 9.59 Å². The summed E-state index contributed by atoms with van der Waals surface area (Å²) in [6.07, 6.45) is 5.35. The predicted octanol–water partition coefficient (Wildman–Crippen LogP) is 4.15. The third-order valence-corrected chi connectivity index (χ3v) is 5.37. The third-order valence-electron chi connectivity index (χ3n) is 5.37. The van der Waals surface area contributed by atoms with Gasteiger partial charge in [0.2, 0.25) is 0 Å². The van der Waals surface area contributed by atoms with E-state index in [1.807, 2.05) is 31.2 Å². The molecule has 5 heteroatoms. The topological polar surface area (TPSA) is 59.8 Å². The molecular weight excluding hydrogens is 366 g/mol. The van der Waals surface area contributed by atoms with Gasteiger partial charge < -0.3 is 14.1 Å². The molecule has 1 unspecified atom stereocenters. The van der Waals surface area contributed by atoms with Gasteiger partial charge in [0.25, 0.3) is 5.91 Å². The largest absolute Gasteiger partial charge is 0.427 e. The van der Waals surface area contributed by atoms with Gasteiger partial charge in [0.1, 0.15) is 11.3 Å². The highest BCUT2D eigenvalue weighted by Crippen LogP contribution is 2.18. The van der Waals surface area contributed by atoms with Crippen molar-refractivity contribution in [3.63, 3.8) is 0 Å². The fourth-order valence-corrected chi connectivity index (χ4v) is 3.87. The Morgan fingerprint density at radius 3 is 2.76 bits per heavy atom. The standard InChI is InChI=1S/C24H31NO4/c1-3-15-28-21-13-8-14-25(17-21)23(26)22-18(2)16-20(29-24(22)27)12-7-11-19-9-5-4-6-10-19/h4-6,9-10,16,21H,3,7-8,11-15,17H2,1-2H3. The number of amides is 1. The Hall–Kier alpha value is -2.40. The van der Waals surface area contributed by atoms with Gasteiger partial charge in [-0.05, 0) is 56.2 Å². The average Bonchev–Trinajstić information content (AvgIpc) is 2.72. The van der Waals surface area contributed by atoms with Gasteiger partial charge in [-0.15, -0.1) is 0 Å². The number of rotatable bonds is 8. The number of likely N-dealkylation sites (tertiary alicyclic amines) is 1. The number of benzene rings is 1. The second kappa shape index (κ2) is 10.4. The lowest BCUT2D eigenvalue weighted by atomic mass is 10.0. The Morgan fingerprint density at radius 2 is 2.03 bits per heavy atom. The first-order valence-corrected chi connectivity index (χ1v) is 10.7. The van der Waals surface area contributed by atoms with Crippen LogP contribution < -0.4 is 5.63 Å². The molecule has 0 aliphatic carbocycles. The van der Waals surface area contributed by atoms with Crippen molar-refractivity contribution in [2.24, 2.45) is 0 Å². The molecule has 2 aromatic rings. The van der Waals surface area contributed by atoms with E-state index in [-0.39, 0.29) is 17.6 Å². The number of hydrogen-bond acceptors (Lipinski definition) is 4. The van der Waals surface area contributed by atoms with Crippen LogP contribution >= 0.6 is 0 Å². The van der Waals surface area contributed by atoms with E-state index in [1.165, 1.54) is 5.56 Å². The lowest BCUT2D eigenvalue weighted by Crippen LogP contribution is -2.44. The molecule has 1 aliphatic rings. The average molecular weight is 398 g/mol. The number of carbonyl (C=O) groups excluding carboxylic acids is 1. The molecule has 5 nitrogen and oxygen atoms in total. The Balaban J connectivity index is 1.64. The minimum Gasteiger partial charge on any atom is -0.427 e. The molecule has 3 rings (SSSR count). The number of aryl methyl sites for hydroxylation is 3. The van der Waals surface area contributed by atoms with Crippen molar-refractivity contribution >= 4 is 5.91 Å². The zero-order chi connectivity index (χ0) is 20.6. The smallest absolute Gasteiger partial charge is 0.349 e. The summed E-state index contributed by atoms with van der Waals surface area (Å²) in [5, 5.41) is 0. The zero-order valence-electron chi connectivity index (χ0n) is 17.5. The molecule has 156 valence electrons. The van der Waals surface area contributed by atoms with Crippen LogP contribution in [0.5, 0.6) is 0 Å². The second-order valence-corrected chi connectivity index (χ2v) is 7.78. The van der Waals surface area contributed by atoms with E-state index in [0.717, 1.165) is 32.1 Å². The summed E-state index contributed by atoms with van der Waals surface area (Å²) < 4.78 is 11.3. The van der Waals surface area contributed by atoms with Crippen LogP contribution in [-0.4, -0.2) is 36.6 Å². The van der Waals surface area contributed by atoms with Gasteiger partial charge in [-0.1, -0.05) is 37.3 Å². The first-order valence-electron chi connectivity index (χ1n) is 10.7. The molecule has 1 amide bonds. The van der Waals surface area contributed by atoms with Crippen LogP contribution in [0, 0.1) is 6.92 Å². The molecule has 0 radical (unpaired) electrons. The Kier molecular flexibility index (Phi) is 7.64. The highest BCUT2D eigenvalue weighted by atomic mass is 16.5. The van der Waals surface area contributed by atoms with Crippen LogP contribution in [0.3, 0.4) is 0 Å². The van der Waals surface area contributed by atoms with Gasteiger partial charge in [-0.2, -0.15) is 0 Å². The number of nitrogens with zero attached hydrogens (tertiary/aromatic N) is 1. The van der Waals surface area contributed by atoms with Crippen LogP contribution in [0.1, 0.15) is 59.9 Å². The third kappa shape index (κ3) is 5.80. The monoisotopic (exact) mass is 397 g/mol. The van der Waals surface area contributed by atoms with Gasteiger partial charge in [-0.3, -0.25) is 4.79 Å². The highest BCUT2D eigenvalue weighted by Gasteiger charge is 2.28.